The van der Waals surface area contributed by atoms with Crippen LogP contribution in [0.3, 0.4) is 0 Å². The number of methoxy groups -OCH3 is 1. The SMILES string of the molecule is COC(=O)CCCS(=O)(=O)Nc1ccc(O)cc1C. The standard InChI is InChI=1S/C12H17NO5S/c1-9-8-10(14)5-6-11(9)13-19(16,17)7-3-4-12(15)18-2/h5-6,8,13-14H,3-4,7H2,1-2H3. The Morgan fingerprint density at radius 3 is 2.68 bits per heavy atom. The molecule has 1 rings (SSSR count). The van der Waals surface area contributed by atoms with Crippen molar-refractivity contribution in [3.8, 4) is 5.75 Å². The number of phenols is 1. The van der Waals surface area contributed by atoms with Crippen LogP contribution in [-0.2, 0) is 19.6 Å². The maximum Gasteiger partial charge on any atom is 0.305 e. The lowest BCUT2D eigenvalue weighted by molar-refractivity contribution is -0.140. The minimum absolute atomic E-state index is 0.0615. The number of hydrogen-bond acceptors (Lipinski definition) is 5. The van der Waals surface area contributed by atoms with Crippen LogP contribution in [0.25, 0.3) is 0 Å². The normalized spacial score (nSPS) is 11.1. The van der Waals surface area contributed by atoms with Gasteiger partial charge in [-0.2, -0.15) is 0 Å². The second-order valence-corrected chi connectivity index (χ2v) is 5.94. The van der Waals surface area contributed by atoms with E-state index in [0.717, 1.165) is 0 Å². The topological polar surface area (TPSA) is 92.7 Å². The fraction of sp³-hybridized carbons (Fsp3) is 0.417. The van der Waals surface area contributed by atoms with E-state index in [1.54, 1.807) is 6.92 Å². The van der Waals surface area contributed by atoms with Gasteiger partial charge in [0.15, 0.2) is 0 Å². The van der Waals surface area contributed by atoms with E-state index in [4.69, 9.17) is 0 Å². The average Bonchev–Trinajstić information content (AvgIpc) is 2.32. The summed E-state index contributed by atoms with van der Waals surface area (Å²) in [6.07, 6.45) is 0.255. The van der Waals surface area contributed by atoms with Gasteiger partial charge >= 0.3 is 5.97 Å². The number of carbonyl (C=O) groups is 1. The molecule has 6 nitrogen and oxygen atoms in total. The molecule has 0 spiro atoms. The lowest BCUT2D eigenvalue weighted by atomic mass is 10.2. The summed E-state index contributed by atoms with van der Waals surface area (Å²) in [7, 11) is -2.25. The lowest BCUT2D eigenvalue weighted by Crippen LogP contribution is -2.18. The molecule has 0 bridgehead atoms. The highest BCUT2D eigenvalue weighted by Crippen LogP contribution is 2.21. The third-order valence-electron chi connectivity index (χ3n) is 2.50. The molecule has 7 heteroatoms. The predicted octanol–water partition coefficient (Wildman–Crippen LogP) is 1.40. The minimum atomic E-state index is -3.51. The molecule has 0 heterocycles. The molecule has 0 atom stereocenters. The molecule has 0 saturated heterocycles. The highest BCUT2D eigenvalue weighted by atomic mass is 32.2. The molecular formula is C12H17NO5S. The van der Waals surface area contributed by atoms with Gasteiger partial charge in [0, 0.05) is 6.42 Å². The Bertz CT molecular complexity index is 553. The van der Waals surface area contributed by atoms with Crippen LogP contribution in [0, 0.1) is 6.92 Å². The van der Waals surface area contributed by atoms with Crippen molar-refractivity contribution < 1.29 is 23.1 Å². The summed E-state index contributed by atoms with van der Waals surface area (Å²) in [4.78, 5) is 10.9. The van der Waals surface area contributed by atoms with Gasteiger partial charge in [-0.05, 0) is 37.1 Å². The van der Waals surface area contributed by atoms with E-state index in [0.29, 0.717) is 11.3 Å². The molecule has 0 saturated carbocycles. The van der Waals surface area contributed by atoms with Crippen LogP contribution < -0.4 is 4.72 Å². The molecule has 0 aliphatic heterocycles. The number of hydrogen-bond donors (Lipinski definition) is 2. The average molecular weight is 287 g/mol. The summed E-state index contributed by atoms with van der Waals surface area (Å²) >= 11 is 0. The molecule has 0 fully saturated rings. The first-order valence-electron chi connectivity index (χ1n) is 5.71. The van der Waals surface area contributed by atoms with Crippen molar-refractivity contribution in [2.75, 3.05) is 17.6 Å². The van der Waals surface area contributed by atoms with E-state index in [1.165, 1.54) is 25.3 Å². The monoisotopic (exact) mass is 287 g/mol. The first-order chi connectivity index (χ1) is 8.84. The van der Waals surface area contributed by atoms with Gasteiger partial charge in [0.2, 0.25) is 10.0 Å². The predicted molar refractivity (Wildman–Crippen MR) is 71.5 cm³/mol. The van der Waals surface area contributed by atoms with Gasteiger partial charge in [-0.25, -0.2) is 8.42 Å². The molecular weight excluding hydrogens is 270 g/mol. The quantitative estimate of drug-likeness (QED) is 0.609. The molecule has 0 aromatic heterocycles. The van der Waals surface area contributed by atoms with Gasteiger partial charge in [0.1, 0.15) is 5.75 Å². The summed E-state index contributed by atoms with van der Waals surface area (Å²) in [5.74, 6) is -0.523. The Morgan fingerprint density at radius 1 is 1.42 bits per heavy atom. The molecule has 1 aromatic carbocycles. The zero-order valence-corrected chi connectivity index (χ0v) is 11.7. The number of anilines is 1. The molecule has 1 aromatic rings. The highest BCUT2D eigenvalue weighted by Gasteiger charge is 2.13. The first kappa shape index (κ1) is 15.3. The maximum atomic E-state index is 11.8. The largest absolute Gasteiger partial charge is 0.508 e. The van der Waals surface area contributed by atoms with Crippen molar-refractivity contribution >= 4 is 21.7 Å². The van der Waals surface area contributed by atoms with E-state index >= 15 is 0 Å². The molecule has 106 valence electrons. The van der Waals surface area contributed by atoms with Crippen molar-refractivity contribution in [2.24, 2.45) is 0 Å². The summed E-state index contributed by atoms with van der Waals surface area (Å²) < 4.78 is 30.4. The fourth-order valence-electron chi connectivity index (χ4n) is 1.49. The van der Waals surface area contributed by atoms with Crippen LogP contribution in [0.15, 0.2) is 18.2 Å². The zero-order valence-electron chi connectivity index (χ0n) is 10.8. The van der Waals surface area contributed by atoms with Crippen molar-refractivity contribution in [3.63, 3.8) is 0 Å². The molecule has 0 unspecified atom stereocenters. The number of esters is 1. The molecule has 0 aliphatic carbocycles. The molecule has 19 heavy (non-hydrogen) atoms. The van der Waals surface area contributed by atoms with Crippen molar-refractivity contribution in [3.05, 3.63) is 23.8 Å². The van der Waals surface area contributed by atoms with Crippen LogP contribution >= 0.6 is 0 Å². The fourth-order valence-corrected chi connectivity index (χ4v) is 2.68. The summed E-state index contributed by atoms with van der Waals surface area (Å²) in [5, 5.41) is 9.24. The number of ether oxygens (including phenoxy) is 1. The number of aryl methyl sites for hydroxylation is 1. The number of carbonyl (C=O) groups excluding carboxylic acids is 1. The van der Waals surface area contributed by atoms with Gasteiger partial charge in [-0.15, -0.1) is 0 Å². The van der Waals surface area contributed by atoms with Gasteiger partial charge in [0.05, 0.1) is 18.6 Å². The van der Waals surface area contributed by atoms with Gasteiger partial charge in [-0.1, -0.05) is 0 Å². The third-order valence-corrected chi connectivity index (χ3v) is 3.85. The first-order valence-corrected chi connectivity index (χ1v) is 7.36. The second-order valence-electron chi connectivity index (χ2n) is 4.10. The number of aromatic hydroxyl groups is 1. The number of benzene rings is 1. The van der Waals surface area contributed by atoms with Crippen LogP contribution in [0.2, 0.25) is 0 Å². The molecule has 0 radical (unpaired) electrons. The smallest absolute Gasteiger partial charge is 0.305 e. The molecule has 0 amide bonds. The number of sulfonamides is 1. The lowest BCUT2D eigenvalue weighted by Gasteiger charge is -2.10. The Labute approximate surface area is 112 Å². The highest BCUT2D eigenvalue weighted by molar-refractivity contribution is 7.92. The van der Waals surface area contributed by atoms with E-state index in [2.05, 4.69) is 9.46 Å². The number of rotatable bonds is 6. The van der Waals surface area contributed by atoms with Crippen LogP contribution in [0.1, 0.15) is 18.4 Å². The Morgan fingerprint density at radius 2 is 2.11 bits per heavy atom. The number of phenolic OH excluding ortho intramolecular Hbond substituents is 1. The summed E-state index contributed by atoms with van der Waals surface area (Å²) in [6.45, 7) is 1.69. The third kappa shape index (κ3) is 5.17. The molecule has 0 aliphatic rings. The minimum Gasteiger partial charge on any atom is -0.508 e. The van der Waals surface area contributed by atoms with Crippen molar-refractivity contribution in [1.82, 2.24) is 0 Å². The zero-order chi connectivity index (χ0) is 14.5. The Hall–Kier alpha value is -1.76. The van der Waals surface area contributed by atoms with Gasteiger partial charge < -0.3 is 9.84 Å². The van der Waals surface area contributed by atoms with E-state index in [-0.39, 0.29) is 24.3 Å². The maximum absolute atomic E-state index is 11.8. The number of nitrogens with one attached hydrogen (secondary N) is 1. The Balaban J connectivity index is 2.61. The van der Waals surface area contributed by atoms with Crippen LogP contribution in [0.5, 0.6) is 5.75 Å². The van der Waals surface area contributed by atoms with Crippen LogP contribution in [0.4, 0.5) is 5.69 Å². The van der Waals surface area contributed by atoms with E-state index in [9.17, 15) is 18.3 Å². The Kier molecular flexibility index (Phi) is 5.17. The van der Waals surface area contributed by atoms with E-state index < -0.39 is 16.0 Å². The summed E-state index contributed by atoms with van der Waals surface area (Å²) in [5.41, 5.74) is 1.03. The second kappa shape index (κ2) is 6.42. The van der Waals surface area contributed by atoms with Gasteiger partial charge in [0.25, 0.3) is 0 Å². The van der Waals surface area contributed by atoms with Gasteiger partial charge in [-0.3, -0.25) is 9.52 Å². The van der Waals surface area contributed by atoms with E-state index in [1.807, 2.05) is 0 Å². The molecule has 2 N–H and O–H groups in total. The summed E-state index contributed by atoms with van der Waals surface area (Å²) in [6, 6.07) is 4.36. The van der Waals surface area contributed by atoms with Crippen molar-refractivity contribution in [1.29, 1.82) is 0 Å². The van der Waals surface area contributed by atoms with Crippen LogP contribution in [-0.4, -0.2) is 32.4 Å². The van der Waals surface area contributed by atoms with Crippen molar-refractivity contribution in [2.45, 2.75) is 19.8 Å².